The fourth-order valence-electron chi connectivity index (χ4n) is 2.96. The Morgan fingerprint density at radius 1 is 1.38 bits per heavy atom. The highest BCUT2D eigenvalue weighted by molar-refractivity contribution is 7.15. The first kappa shape index (κ1) is 19.0. The van der Waals surface area contributed by atoms with Crippen LogP contribution < -0.4 is 15.0 Å². The monoisotopic (exact) mass is 368 g/mol. The molecule has 7 heteroatoms. The molecule has 24 heavy (non-hydrogen) atoms. The number of thiazole rings is 1. The summed E-state index contributed by atoms with van der Waals surface area (Å²) in [5.74, 6) is 0.962. The second kappa shape index (κ2) is 8.67. The van der Waals surface area contributed by atoms with Gasteiger partial charge in [-0.25, -0.2) is 4.98 Å². The first-order valence-corrected chi connectivity index (χ1v) is 8.70. The number of nitrogens with one attached hydrogen (secondary N) is 1. The Bertz CT molecular complexity index is 649. The molecule has 2 heterocycles. The lowest BCUT2D eigenvalue weighted by atomic mass is 10.0. The standard InChI is InChI=1S/C17H24N4OS.ClH/c1-20(2)17-19-10-13(23-17)12-21-9-8-18-11-15(21)14-6-4-5-7-16(14)22-3;/h4-7,10,15,18H,8-9,11-12H2,1-3H3;1H. The Hall–Kier alpha value is -1.34. The van der Waals surface area contributed by atoms with Crippen LogP contribution in [0.15, 0.2) is 30.5 Å². The van der Waals surface area contributed by atoms with E-state index in [1.807, 2.05) is 32.4 Å². The SMILES string of the molecule is COc1ccccc1C1CNCCN1Cc1cnc(N(C)C)s1.Cl. The topological polar surface area (TPSA) is 40.6 Å². The highest BCUT2D eigenvalue weighted by atomic mass is 35.5. The van der Waals surface area contributed by atoms with Gasteiger partial charge in [0.05, 0.1) is 13.2 Å². The van der Waals surface area contributed by atoms with Crippen LogP contribution in [0, 0.1) is 0 Å². The van der Waals surface area contributed by atoms with Crippen molar-refractivity contribution >= 4 is 28.9 Å². The Labute approximate surface area is 154 Å². The van der Waals surface area contributed by atoms with E-state index in [0.29, 0.717) is 6.04 Å². The largest absolute Gasteiger partial charge is 0.496 e. The summed E-state index contributed by atoms with van der Waals surface area (Å²) in [6, 6.07) is 8.64. The first-order chi connectivity index (χ1) is 11.2. The van der Waals surface area contributed by atoms with E-state index in [1.165, 1.54) is 10.4 Å². The normalized spacial score (nSPS) is 18.0. The molecule has 0 aliphatic carbocycles. The lowest BCUT2D eigenvalue weighted by Crippen LogP contribution is -2.45. The van der Waals surface area contributed by atoms with Crippen molar-refractivity contribution in [2.45, 2.75) is 12.6 Å². The second-order valence-corrected chi connectivity index (χ2v) is 7.03. The van der Waals surface area contributed by atoms with Gasteiger partial charge in [-0.3, -0.25) is 4.90 Å². The van der Waals surface area contributed by atoms with Gasteiger partial charge in [0.15, 0.2) is 5.13 Å². The van der Waals surface area contributed by atoms with Crippen molar-refractivity contribution in [3.8, 4) is 5.75 Å². The van der Waals surface area contributed by atoms with Crippen LogP contribution in [0.25, 0.3) is 0 Å². The van der Waals surface area contributed by atoms with E-state index in [2.05, 4.69) is 32.2 Å². The third-order valence-electron chi connectivity index (χ3n) is 4.14. The van der Waals surface area contributed by atoms with Crippen LogP contribution in [0.3, 0.4) is 0 Å². The van der Waals surface area contributed by atoms with Crippen LogP contribution in [0.4, 0.5) is 5.13 Å². The lowest BCUT2D eigenvalue weighted by molar-refractivity contribution is 0.152. The van der Waals surface area contributed by atoms with Crippen molar-refractivity contribution < 1.29 is 4.74 Å². The summed E-state index contributed by atoms with van der Waals surface area (Å²) in [6.45, 7) is 3.92. The third kappa shape index (κ3) is 4.19. The van der Waals surface area contributed by atoms with E-state index in [0.717, 1.165) is 37.1 Å². The number of piperazine rings is 1. The minimum Gasteiger partial charge on any atom is -0.496 e. The molecule has 1 atom stereocenters. The van der Waals surface area contributed by atoms with Crippen LogP contribution in [-0.4, -0.2) is 50.7 Å². The fourth-order valence-corrected chi connectivity index (χ4v) is 3.82. The van der Waals surface area contributed by atoms with E-state index >= 15 is 0 Å². The van der Waals surface area contributed by atoms with Crippen LogP contribution in [-0.2, 0) is 6.54 Å². The van der Waals surface area contributed by atoms with E-state index in [9.17, 15) is 0 Å². The number of halogens is 1. The maximum atomic E-state index is 5.56. The van der Waals surface area contributed by atoms with Gasteiger partial charge in [-0.2, -0.15) is 0 Å². The molecule has 132 valence electrons. The molecular weight excluding hydrogens is 344 g/mol. The average molecular weight is 369 g/mol. The summed E-state index contributed by atoms with van der Waals surface area (Å²) >= 11 is 1.76. The molecule has 1 aromatic heterocycles. The van der Waals surface area contributed by atoms with Gasteiger partial charge in [0.1, 0.15) is 5.75 Å². The van der Waals surface area contributed by atoms with Crippen molar-refractivity contribution in [1.82, 2.24) is 15.2 Å². The number of aromatic nitrogens is 1. The highest BCUT2D eigenvalue weighted by Gasteiger charge is 2.26. The number of anilines is 1. The number of benzene rings is 1. The Morgan fingerprint density at radius 2 is 2.17 bits per heavy atom. The van der Waals surface area contributed by atoms with Gasteiger partial charge in [-0.1, -0.05) is 18.2 Å². The molecule has 0 radical (unpaired) electrons. The number of para-hydroxylation sites is 1. The van der Waals surface area contributed by atoms with Crippen molar-refractivity contribution in [3.63, 3.8) is 0 Å². The van der Waals surface area contributed by atoms with Crippen LogP contribution in [0.2, 0.25) is 0 Å². The first-order valence-electron chi connectivity index (χ1n) is 7.88. The summed E-state index contributed by atoms with van der Waals surface area (Å²) in [5, 5.41) is 4.57. The molecule has 3 rings (SSSR count). The van der Waals surface area contributed by atoms with Crippen LogP contribution in [0.1, 0.15) is 16.5 Å². The molecule has 5 nitrogen and oxygen atoms in total. The fraction of sp³-hybridized carbons (Fsp3) is 0.471. The summed E-state index contributed by atoms with van der Waals surface area (Å²) in [5.41, 5.74) is 1.25. The zero-order valence-corrected chi connectivity index (χ0v) is 16.0. The van der Waals surface area contributed by atoms with Crippen LogP contribution >= 0.6 is 23.7 Å². The zero-order valence-electron chi connectivity index (χ0n) is 14.4. The van der Waals surface area contributed by atoms with Crippen molar-refractivity contribution in [2.75, 3.05) is 45.7 Å². The van der Waals surface area contributed by atoms with Gasteiger partial charge in [-0.05, 0) is 6.07 Å². The van der Waals surface area contributed by atoms with E-state index in [1.54, 1.807) is 18.4 Å². The summed E-state index contributed by atoms with van der Waals surface area (Å²) in [4.78, 5) is 10.4. The van der Waals surface area contributed by atoms with Crippen LogP contribution in [0.5, 0.6) is 5.75 Å². The molecule has 1 N–H and O–H groups in total. The van der Waals surface area contributed by atoms with Crippen molar-refractivity contribution in [2.24, 2.45) is 0 Å². The molecule has 2 aromatic rings. The molecule has 0 amide bonds. The van der Waals surface area contributed by atoms with Gasteiger partial charge in [0.25, 0.3) is 0 Å². The molecule has 1 unspecified atom stereocenters. The maximum Gasteiger partial charge on any atom is 0.185 e. The highest BCUT2D eigenvalue weighted by Crippen LogP contribution is 2.32. The average Bonchev–Trinajstić information content (AvgIpc) is 3.04. The second-order valence-electron chi connectivity index (χ2n) is 5.94. The smallest absolute Gasteiger partial charge is 0.185 e. The van der Waals surface area contributed by atoms with Gasteiger partial charge in [-0.15, -0.1) is 23.7 Å². The van der Waals surface area contributed by atoms with E-state index < -0.39 is 0 Å². The molecule has 0 spiro atoms. The van der Waals surface area contributed by atoms with E-state index in [4.69, 9.17) is 4.74 Å². The predicted molar refractivity (Wildman–Crippen MR) is 103 cm³/mol. The van der Waals surface area contributed by atoms with Gasteiger partial charge in [0, 0.05) is 56.9 Å². The summed E-state index contributed by atoms with van der Waals surface area (Å²) in [6.07, 6.45) is 2.00. The maximum absolute atomic E-state index is 5.56. The van der Waals surface area contributed by atoms with Crippen molar-refractivity contribution in [1.29, 1.82) is 0 Å². The molecule has 1 fully saturated rings. The lowest BCUT2D eigenvalue weighted by Gasteiger charge is -2.36. The third-order valence-corrected chi connectivity index (χ3v) is 5.28. The number of rotatable bonds is 5. The minimum atomic E-state index is 0. The van der Waals surface area contributed by atoms with Gasteiger partial charge < -0.3 is 15.0 Å². The molecule has 1 saturated heterocycles. The van der Waals surface area contributed by atoms with Crippen molar-refractivity contribution in [3.05, 3.63) is 40.9 Å². The quantitative estimate of drug-likeness (QED) is 0.878. The number of methoxy groups -OCH3 is 1. The van der Waals surface area contributed by atoms with Gasteiger partial charge >= 0.3 is 0 Å². The number of ether oxygens (including phenoxy) is 1. The van der Waals surface area contributed by atoms with Gasteiger partial charge in [0.2, 0.25) is 0 Å². The molecule has 1 aromatic carbocycles. The molecule has 0 bridgehead atoms. The number of hydrogen-bond acceptors (Lipinski definition) is 6. The van der Waals surface area contributed by atoms with E-state index in [-0.39, 0.29) is 12.4 Å². The predicted octanol–water partition coefficient (Wildman–Crippen LogP) is 2.79. The molecular formula is C17H25ClN4OS. The number of hydrogen-bond donors (Lipinski definition) is 1. The Morgan fingerprint density at radius 3 is 2.88 bits per heavy atom. The zero-order chi connectivity index (χ0) is 16.2. The molecule has 1 aliphatic heterocycles. The summed E-state index contributed by atoms with van der Waals surface area (Å²) in [7, 11) is 5.81. The molecule has 0 saturated carbocycles. The Kier molecular flexibility index (Phi) is 6.86. The minimum absolute atomic E-state index is 0. The summed E-state index contributed by atoms with van der Waals surface area (Å²) < 4.78 is 5.56. The Balaban J connectivity index is 0.00000208. The molecule has 1 aliphatic rings. The number of nitrogens with zero attached hydrogens (tertiary/aromatic N) is 3.